The number of terminal acetylenes is 1. The van der Waals surface area contributed by atoms with E-state index in [1.54, 1.807) is 6.92 Å². The molecule has 0 saturated carbocycles. The third-order valence-corrected chi connectivity index (χ3v) is 2.64. The largest absolute Gasteiger partial charge is 0.493 e. The molecule has 1 N–H and O–H groups in total. The summed E-state index contributed by atoms with van der Waals surface area (Å²) in [6, 6.07) is 5.60. The third-order valence-electron chi connectivity index (χ3n) is 2.14. The van der Waals surface area contributed by atoms with Crippen LogP contribution in [0.15, 0.2) is 22.7 Å². The Morgan fingerprint density at radius 3 is 2.94 bits per heavy atom. The van der Waals surface area contributed by atoms with Gasteiger partial charge in [0.2, 0.25) is 0 Å². The van der Waals surface area contributed by atoms with E-state index in [1.807, 2.05) is 18.2 Å². The number of hydrogen-bond donors (Lipinski definition) is 1. The predicted molar refractivity (Wildman–Crippen MR) is 68.3 cm³/mol. The van der Waals surface area contributed by atoms with E-state index in [-0.39, 0.29) is 0 Å². The fraction of sp³-hybridized carbons (Fsp3) is 0.385. The predicted octanol–water partition coefficient (Wildman–Crippen LogP) is 3.29. The molecule has 1 aromatic carbocycles. The summed E-state index contributed by atoms with van der Waals surface area (Å²) < 4.78 is 6.51. The summed E-state index contributed by atoms with van der Waals surface area (Å²) in [5.41, 5.74) is 0.787. The molecule has 0 radical (unpaired) electrons. The Kier molecular flexibility index (Phi) is 5.37. The van der Waals surface area contributed by atoms with Crippen molar-refractivity contribution in [1.82, 2.24) is 0 Å². The first kappa shape index (κ1) is 13.1. The molecule has 1 unspecified atom stereocenters. The number of aliphatic hydroxyl groups is 1. The number of ether oxygens (including phenoxy) is 1. The second kappa shape index (κ2) is 6.57. The van der Waals surface area contributed by atoms with Crippen LogP contribution in [-0.4, -0.2) is 11.7 Å². The van der Waals surface area contributed by atoms with Gasteiger partial charge in [0.1, 0.15) is 5.75 Å². The maximum Gasteiger partial charge on any atom is 0.125 e. The lowest BCUT2D eigenvalue weighted by molar-refractivity contribution is 0.191. The number of aliphatic hydroxyl groups excluding tert-OH is 1. The van der Waals surface area contributed by atoms with Crippen LogP contribution in [0.3, 0.4) is 0 Å². The number of benzene rings is 1. The van der Waals surface area contributed by atoms with Gasteiger partial charge in [0.25, 0.3) is 0 Å². The third kappa shape index (κ3) is 3.88. The van der Waals surface area contributed by atoms with E-state index in [0.717, 1.165) is 22.2 Å². The molecule has 0 bridgehead atoms. The standard InChI is InChI=1S/C13H15BrO2/c1-3-4-5-8-16-13-7-6-11(14)9-12(13)10(2)15/h1,6-7,9-10,15H,4-5,8H2,2H3. The van der Waals surface area contributed by atoms with Gasteiger partial charge in [-0.25, -0.2) is 0 Å². The van der Waals surface area contributed by atoms with E-state index < -0.39 is 6.10 Å². The lowest BCUT2D eigenvalue weighted by Gasteiger charge is -2.13. The summed E-state index contributed by atoms with van der Waals surface area (Å²) in [6.45, 7) is 2.29. The Bertz CT molecular complexity index is 380. The molecule has 0 aromatic heterocycles. The quantitative estimate of drug-likeness (QED) is 0.663. The van der Waals surface area contributed by atoms with Crippen molar-refractivity contribution in [3.8, 4) is 18.1 Å². The molecular weight excluding hydrogens is 268 g/mol. The molecule has 0 fully saturated rings. The summed E-state index contributed by atoms with van der Waals surface area (Å²) in [5, 5.41) is 9.60. The summed E-state index contributed by atoms with van der Waals surface area (Å²) in [6.07, 6.45) is 6.15. The van der Waals surface area contributed by atoms with Crippen molar-refractivity contribution < 1.29 is 9.84 Å². The van der Waals surface area contributed by atoms with Crippen molar-refractivity contribution >= 4 is 15.9 Å². The molecule has 0 amide bonds. The van der Waals surface area contributed by atoms with Crippen molar-refractivity contribution in [2.45, 2.75) is 25.9 Å². The van der Waals surface area contributed by atoms with Crippen LogP contribution in [0.25, 0.3) is 0 Å². The maximum absolute atomic E-state index is 9.60. The lowest BCUT2D eigenvalue weighted by atomic mass is 10.1. The molecule has 1 rings (SSSR count). The molecule has 86 valence electrons. The molecule has 1 aromatic rings. The van der Waals surface area contributed by atoms with E-state index in [1.165, 1.54) is 0 Å². The Hall–Kier alpha value is -0.980. The molecule has 0 aliphatic heterocycles. The molecule has 16 heavy (non-hydrogen) atoms. The highest BCUT2D eigenvalue weighted by Gasteiger charge is 2.09. The topological polar surface area (TPSA) is 29.5 Å². The van der Waals surface area contributed by atoms with Crippen molar-refractivity contribution in [3.05, 3.63) is 28.2 Å². The smallest absolute Gasteiger partial charge is 0.125 e. The first-order valence-corrected chi connectivity index (χ1v) is 5.98. The highest BCUT2D eigenvalue weighted by molar-refractivity contribution is 9.10. The second-order valence-corrected chi connectivity index (χ2v) is 4.43. The van der Waals surface area contributed by atoms with Crippen LogP contribution in [0.1, 0.15) is 31.4 Å². The first-order valence-electron chi connectivity index (χ1n) is 5.19. The minimum Gasteiger partial charge on any atom is -0.493 e. The number of hydrogen-bond acceptors (Lipinski definition) is 2. The zero-order valence-electron chi connectivity index (χ0n) is 9.24. The first-order chi connectivity index (χ1) is 7.65. The Morgan fingerprint density at radius 2 is 2.31 bits per heavy atom. The molecular formula is C13H15BrO2. The number of rotatable bonds is 5. The van der Waals surface area contributed by atoms with Crippen molar-refractivity contribution in [1.29, 1.82) is 0 Å². The van der Waals surface area contributed by atoms with Gasteiger partial charge in [-0.15, -0.1) is 12.3 Å². The van der Waals surface area contributed by atoms with Gasteiger partial charge in [0, 0.05) is 16.5 Å². The highest BCUT2D eigenvalue weighted by Crippen LogP contribution is 2.28. The molecule has 1 atom stereocenters. The number of unbranched alkanes of at least 4 members (excludes halogenated alkanes) is 1. The summed E-state index contributed by atoms with van der Waals surface area (Å²) >= 11 is 3.36. The Balaban J connectivity index is 2.68. The minimum absolute atomic E-state index is 0.542. The minimum atomic E-state index is -0.542. The van der Waals surface area contributed by atoms with Crippen molar-refractivity contribution in [2.24, 2.45) is 0 Å². The molecule has 2 nitrogen and oxygen atoms in total. The highest BCUT2D eigenvalue weighted by atomic mass is 79.9. The van der Waals surface area contributed by atoms with Crippen LogP contribution in [0.5, 0.6) is 5.75 Å². The SMILES string of the molecule is C#CCCCOc1ccc(Br)cc1C(C)O. The van der Waals surface area contributed by atoms with Gasteiger partial charge in [-0.05, 0) is 31.5 Å². The average molecular weight is 283 g/mol. The molecule has 0 heterocycles. The van der Waals surface area contributed by atoms with E-state index in [9.17, 15) is 5.11 Å². The van der Waals surface area contributed by atoms with Crippen molar-refractivity contribution in [3.63, 3.8) is 0 Å². The van der Waals surface area contributed by atoms with Gasteiger partial charge in [-0.3, -0.25) is 0 Å². The van der Waals surface area contributed by atoms with Crippen LogP contribution >= 0.6 is 15.9 Å². The maximum atomic E-state index is 9.60. The van der Waals surface area contributed by atoms with Crippen LogP contribution in [0, 0.1) is 12.3 Å². The van der Waals surface area contributed by atoms with Crippen molar-refractivity contribution in [2.75, 3.05) is 6.61 Å². The Labute approximate surface area is 105 Å². The number of halogens is 1. The average Bonchev–Trinajstić information content (AvgIpc) is 2.26. The van der Waals surface area contributed by atoms with Gasteiger partial charge in [-0.1, -0.05) is 15.9 Å². The molecule has 3 heteroatoms. The van der Waals surface area contributed by atoms with Crippen LogP contribution in [-0.2, 0) is 0 Å². The summed E-state index contributed by atoms with van der Waals surface area (Å²) in [4.78, 5) is 0. The molecule has 0 aliphatic rings. The van der Waals surface area contributed by atoms with Crippen LogP contribution < -0.4 is 4.74 Å². The monoisotopic (exact) mass is 282 g/mol. The Morgan fingerprint density at radius 1 is 1.56 bits per heavy atom. The second-order valence-electron chi connectivity index (χ2n) is 3.51. The van der Waals surface area contributed by atoms with Gasteiger partial charge < -0.3 is 9.84 Å². The van der Waals surface area contributed by atoms with E-state index in [0.29, 0.717) is 13.0 Å². The fourth-order valence-corrected chi connectivity index (χ4v) is 1.71. The van der Waals surface area contributed by atoms with Gasteiger partial charge in [0.05, 0.1) is 12.7 Å². The normalized spacial score (nSPS) is 11.9. The molecule has 0 spiro atoms. The lowest BCUT2D eigenvalue weighted by Crippen LogP contribution is -2.02. The van der Waals surface area contributed by atoms with Crippen LogP contribution in [0.4, 0.5) is 0 Å². The summed E-state index contributed by atoms with van der Waals surface area (Å²) in [7, 11) is 0. The van der Waals surface area contributed by atoms with E-state index in [4.69, 9.17) is 11.2 Å². The van der Waals surface area contributed by atoms with Crippen LogP contribution in [0.2, 0.25) is 0 Å². The van der Waals surface area contributed by atoms with E-state index >= 15 is 0 Å². The molecule has 0 saturated heterocycles. The molecule has 0 aliphatic carbocycles. The van der Waals surface area contributed by atoms with Gasteiger partial charge in [0.15, 0.2) is 0 Å². The summed E-state index contributed by atoms with van der Waals surface area (Å²) in [5.74, 6) is 3.28. The zero-order chi connectivity index (χ0) is 12.0. The zero-order valence-corrected chi connectivity index (χ0v) is 10.8. The van der Waals surface area contributed by atoms with E-state index in [2.05, 4.69) is 21.9 Å². The fourth-order valence-electron chi connectivity index (χ4n) is 1.33. The van der Waals surface area contributed by atoms with Gasteiger partial charge >= 0.3 is 0 Å². The van der Waals surface area contributed by atoms with Gasteiger partial charge in [-0.2, -0.15) is 0 Å².